The van der Waals surface area contributed by atoms with Gasteiger partial charge in [0.1, 0.15) is 6.61 Å². The summed E-state index contributed by atoms with van der Waals surface area (Å²) in [7, 11) is -1.26. The molecule has 0 amide bonds. The van der Waals surface area contributed by atoms with Crippen LogP contribution in [0, 0.1) is 0 Å². The van der Waals surface area contributed by atoms with Gasteiger partial charge in [-0.15, -0.1) is 0 Å². The molecule has 0 aliphatic heterocycles. The van der Waals surface area contributed by atoms with Gasteiger partial charge in [-0.1, -0.05) is 18.2 Å². The Kier molecular flexibility index (Phi) is 5.59. The van der Waals surface area contributed by atoms with Crippen LogP contribution in [0.3, 0.4) is 0 Å². The summed E-state index contributed by atoms with van der Waals surface area (Å²) in [6.45, 7) is 6.83. The predicted octanol–water partition coefficient (Wildman–Crippen LogP) is 4.07. The lowest BCUT2D eigenvalue weighted by Crippen LogP contribution is -2.35. The number of hydrogen-bond donors (Lipinski definition) is 1. The van der Waals surface area contributed by atoms with Gasteiger partial charge in [0.15, 0.2) is 0 Å². The van der Waals surface area contributed by atoms with Crippen LogP contribution in [0.5, 0.6) is 0 Å². The summed E-state index contributed by atoms with van der Waals surface area (Å²) < 4.78 is 48.3. The van der Waals surface area contributed by atoms with Crippen molar-refractivity contribution in [2.45, 2.75) is 63.4 Å². The average Bonchev–Trinajstić information content (AvgIpc) is 3.28. The van der Waals surface area contributed by atoms with Gasteiger partial charge in [-0.3, -0.25) is 0 Å². The van der Waals surface area contributed by atoms with Crippen molar-refractivity contribution in [1.29, 1.82) is 0 Å². The van der Waals surface area contributed by atoms with Crippen LogP contribution < -0.4 is 4.72 Å². The standard InChI is InChI=1S/C17H25F2NO2S/c1-12(20-23(21)16(2,3)4)13-6-5-7-14(10-13)17(18,19)11-22-15-8-9-15/h5-7,10,12,15,20H,8-9,11H2,1-4H3/t12-,23-/m1/s1. The second-order valence-corrected chi connectivity index (χ2v) is 9.06. The second-order valence-electron chi connectivity index (χ2n) is 7.06. The summed E-state index contributed by atoms with van der Waals surface area (Å²) in [6.07, 6.45) is 1.74. The van der Waals surface area contributed by atoms with Crippen LogP contribution in [0.15, 0.2) is 24.3 Å². The van der Waals surface area contributed by atoms with E-state index in [1.807, 2.05) is 27.7 Å². The van der Waals surface area contributed by atoms with Crippen LogP contribution in [-0.2, 0) is 21.6 Å². The van der Waals surface area contributed by atoms with Crippen molar-refractivity contribution in [2.24, 2.45) is 0 Å². The Morgan fingerprint density at radius 2 is 2.00 bits per heavy atom. The molecular weight excluding hydrogens is 320 g/mol. The third-order valence-corrected chi connectivity index (χ3v) is 5.35. The van der Waals surface area contributed by atoms with Crippen molar-refractivity contribution in [1.82, 2.24) is 4.72 Å². The lowest BCUT2D eigenvalue weighted by Gasteiger charge is -2.23. The predicted molar refractivity (Wildman–Crippen MR) is 88.8 cm³/mol. The van der Waals surface area contributed by atoms with E-state index in [0.717, 1.165) is 12.8 Å². The maximum atomic E-state index is 14.2. The summed E-state index contributed by atoms with van der Waals surface area (Å²) in [5.74, 6) is -3.01. The number of ether oxygens (including phenoxy) is 1. The highest BCUT2D eigenvalue weighted by molar-refractivity contribution is 7.84. The van der Waals surface area contributed by atoms with Gasteiger partial charge in [-0.05, 0) is 52.2 Å². The van der Waals surface area contributed by atoms with Crippen molar-refractivity contribution in [3.05, 3.63) is 35.4 Å². The maximum absolute atomic E-state index is 14.2. The fraction of sp³-hybridized carbons (Fsp3) is 0.647. The van der Waals surface area contributed by atoms with Gasteiger partial charge < -0.3 is 4.74 Å². The molecule has 3 nitrogen and oxygen atoms in total. The van der Waals surface area contributed by atoms with E-state index in [1.165, 1.54) is 12.1 Å². The molecule has 1 saturated carbocycles. The van der Waals surface area contributed by atoms with Crippen LogP contribution >= 0.6 is 0 Å². The Bertz CT molecular complexity index is 568. The number of rotatable bonds is 7. The van der Waals surface area contributed by atoms with Gasteiger partial charge in [0.25, 0.3) is 5.92 Å². The van der Waals surface area contributed by atoms with E-state index in [0.29, 0.717) is 5.56 Å². The van der Waals surface area contributed by atoms with Gasteiger partial charge >= 0.3 is 0 Å². The molecule has 6 heteroatoms. The lowest BCUT2D eigenvalue weighted by molar-refractivity contribution is -0.0873. The van der Waals surface area contributed by atoms with E-state index < -0.39 is 28.3 Å². The van der Waals surface area contributed by atoms with Crippen LogP contribution in [-0.4, -0.2) is 21.7 Å². The molecule has 0 heterocycles. The van der Waals surface area contributed by atoms with Crippen molar-refractivity contribution in [2.75, 3.05) is 6.61 Å². The van der Waals surface area contributed by atoms with Crippen LogP contribution in [0.1, 0.15) is 57.7 Å². The molecule has 0 spiro atoms. The molecule has 0 radical (unpaired) electrons. The van der Waals surface area contributed by atoms with E-state index in [2.05, 4.69) is 4.72 Å². The van der Waals surface area contributed by atoms with Gasteiger partial charge in [0.05, 0.1) is 21.8 Å². The van der Waals surface area contributed by atoms with Gasteiger partial charge in [0, 0.05) is 11.6 Å². The molecule has 1 aromatic rings. The molecule has 2 atom stereocenters. The first-order valence-corrected chi connectivity index (χ1v) is 9.02. The van der Waals surface area contributed by atoms with Crippen LogP contribution in [0.25, 0.3) is 0 Å². The molecule has 1 aliphatic carbocycles. The normalized spacial score (nSPS) is 18.7. The fourth-order valence-electron chi connectivity index (χ4n) is 1.98. The number of alkyl halides is 2. The topological polar surface area (TPSA) is 38.3 Å². The van der Waals surface area contributed by atoms with E-state index in [4.69, 9.17) is 4.74 Å². The minimum absolute atomic E-state index is 0.00106. The molecule has 2 rings (SSSR count). The van der Waals surface area contributed by atoms with Crippen LogP contribution in [0.2, 0.25) is 0 Å². The molecule has 1 aliphatic rings. The summed E-state index contributed by atoms with van der Waals surface area (Å²) in [4.78, 5) is 0. The Hall–Kier alpha value is -0.850. The number of hydrogen-bond acceptors (Lipinski definition) is 2. The Balaban J connectivity index is 2.07. The smallest absolute Gasteiger partial charge is 0.296 e. The Morgan fingerprint density at radius 1 is 1.35 bits per heavy atom. The molecule has 0 bridgehead atoms. The highest BCUT2D eigenvalue weighted by atomic mass is 32.2. The molecule has 0 unspecified atom stereocenters. The summed E-state index contributed by atoms with van der Waals surface area (Å²) in [5, 5.41) is 0. The molecule has 23 heavy (non-hydrogen) atoms. The summed E-state index contributed by atoms with van der Waals surface area (Å²) >= 11 is 0. The zero-order chi connectivity index (χ0) is 17.3. The highest BCUT2D eigenvalue weighted by Crippen LogP contribution is 2.33. The third kappa shape index (κ3) is 5.33. The zero-order valence-corrected chi connectivity index (χ0v) is 14.9. The first-order valence-electron chi connectivity index (χ1n) is 7.87. The lowest BCUT2D eigenvalue weighted by atomic mass is 10.0. The zero-order valence-electron chi connectivity index (χ0n) is 14.1. The molecule has 130 valence electrons. The van der Waals surface area contributed by atoms with E-state index in [1.54, 1.807) is 12.1 Å². The van der Waals surface area contributed by atoms with Gasteiger partial charge in [-0.25, -0.2) is 8.93 Å². The number of nitrogens with one attached hydrogen (secondary N) is 1. The van der Waals surface area contributed by atoms with E-state index in [-0.39, 0.29) is 17.7 Å². The summed E-state index contributed by atoms with van der Waals surface area (Å²) in [5.41, 5.74) is 0.622. The fourth-order valence-corrected chi connectivity index (χ4v) is 2.79. The largest absolute Gasteiger partial charge is 0.372 e. The minimum Gasteiger partial charge on any atom is -0.372 e. The molecule has 1 aromatic carbocycles. The number of halogens is 2. The maximum Gasteiger partial charge on any atom is 0.296 e. The molecule has 1 N–H and O–H groups in total. The van der Waals surface area contributed by atoms with Crippen LogP contribution in [0.4, 0.5) is 8.78 Å². The van der Waals surface area contributed by atoms with E-state index >= 15 is 0 Å². The third-order valence-electron chi connectivity index (χ3n) is 3.67. The van der Waals surface area contributed by atoms with Crippen molar-refractivity contribution < 1.29 is 17.7 Å². The van der Waals surface area contributed by atoms with Crippen molar-refractivity contribution >= 4 is 11.0 Å². The van der Waals surface area contributed by atoms with Gasteiger partial charge in [-0.2, -0.15) is 8.78 Å². The Labute approximate surface area is 139 Å². The van der Waals surface area contributed by atoms with E-state index in [9.17, 15) is 13.0 Å². The molecule has 1 fully saturated rings. The van der Waals surface area contributed by atoms with Crippen molar-refractivity contribution in [3.63, 3.8) is 0 Å². The average molecular weight is 345 g/mol. The first-order chi connectivity index (χ1) is 10.6. The van der Waals surface area contributed by atoms with Crippen molar-refractivity contribution in [3.8, 4) is 0 Å². The highest BCUT2D eigenvalue weighted by Gasteiger charge is 2.35. The molecular formula is C17H25F2NO2S. The number of benzene rings is 1. The molecule has 0 saturated heterocycles. The quantitative estimate of drug-likeness (QED) is 0.809. The SMILES string of the molecule is C[C@@H](N[S@](=O)C(C)(C)C)c1cccc(C(F)(F)COC2CC2)c1. The minimum atomic E-state index is -3.01. The summed E-state index contributed by atoms with van der Waals surface area (Å²) in [6, 6.07) is 5.96. The van der Waals surface area contributed by atoms with Gasteiger partial charge in [0.2, 0.25) is 0 Å². The monoisotopic (exact) mass is 345 g/mol. The Morgan fingerprint density at radius 3 is 2.57 bits per heavy atom. The second kappa shape index (κ2) is 6.95. The molecule has 0 aromatic heterocycles. The first kappa shape index (κ1) is 18.5.